The first kappa shape index (κ1) is 11.9. The van der Waals surface area contributed by atoms with Gasteiger partial charge in [-0.25, -0.2) is 0 Å². The molecule has 0 aliphatic heterocycles. The lowest BCUT2D eigenvalue weighted by atomic mass is 9.88. The van der Waals surface area contributed by atoms with E-state index in [0.717, 1.165) is 24.8 Å². The molecule has 92 valence electrons. The van der Waals surface area contributed by atoms with Gasteiger partial charge in [0.2, 0.25) is 0 Å². The highest BCUT2D eigenvalue weighted by Crippen LogP contribution is 2.38. The van der Waals surface area contributed by atoms with Crippen LogP contribution >= 0.6 is 15.9 Å². The molecule has 0 N–H and O–H groups in total. The third-order valence-corrected chi connectivity index (χ3v) is 4.61. The van der Waals surface area contributed by atoms with Gasteiger partial charge in [-0.1, -0.05) is 58.7 Å². The molecule has 0 spiro atoms. The van der Waals surface area contributed by atoms with Crippen molar-refractivity contribution >= 4 is 32.5 Å². The van der Waals surface area contributed by atoms with E-state index in [4.69, 9.17) is 0 Å². The lowest BCUT2D eigenvalue weighted by Crippen LogP contribution is -2.09. The fourth-order valence-corrected chi connectivity index (χ4v) is 3.58. The molecule has 0 bridgehead atoms. The Morgan fingerprint density at radius 2 is 1.89 bits per heavy atom. The summed E-state index contributed by atoms with van der Waals surface area (Å²) in [6.07, 6.45) is 3.91. The molecule has 1 nitrogen and oxygen atoms in total. The van der Waals surface area contributed by atoms with Crippen molar-refractivity contribution in [3.05, 3.63) is 47.5 Å². The molecule has 0 radical (unpaired) electrons. The Labute approximate surface area is 115 Å². The second kappa shape index (κ2) is 4.85. The van der Waals surface area contributed by atoms with Crippen LogP contribution in [0.1, 0.15) is 46.4 Å². The first-order valence-corrected chi connectivity index (χ1v) is 7.38. The number of hydrogen-bond donors (Lipinski definition) is 0. The standard InChI is InChI=1S/C16H15BrO/c17-14-7-3-4-8-15(18)13-10-9-11-5-1-2-6-12(11)16(13)14/h1-2,5-6,9-10,14H,3-4,7-8H2/t14-/m1/s1. The SMILES string of the molecule is O=C1CCCC[C@@H](Br)c2c1ccc1ccccc21. The molecule has 0 fully saturated rings. The van der Waals surface area contributed by atoms with E-state index < -0.39 is 0 Å². The molecular formula is C16H15BrO. The maximum atomic E-state index is 12.2. The van der Waals surface area contributed by atoms with Crippen LogP contribution in [0.25, 0.3) is 10.8 Å². The second-order valence-electron chi connectivity index (χ2n) is 4.88. The summed E-state index contributed by atoms with van der Waals surface area (Å²) in [6.45, 7) is 0. The number of hydrogen-bond acceptors (Lipinski definition) is 1. The van der Waals surface area contributed by atoms with Crippen molar-refractivity contribution in [1.29, 1.82) is 0 Å². The van der Waals surface area contributed by atoms with E-state index in [1.165, 1.54) is 16.3 Å². The Balaban J connectivity index is 2.30. The molecule has 2 heteroatoms. The Kier molecular flexibility index (Phi) is 3.21. The van der Waals surface area contributed by atoms with Crippen molar-refractivity contribution < 1.29 is 4.79 Å². The summed E-state index contributed by atoms with van der Waals surface area (Å²) in [4.78, 5) is 12.5. The summed E-state index contributed by atoms with van der Waals surface area (Å²) in [5.41, 5.74) is 2.10. The molecule has 0 unspecified atom stereocenters. The highest BCUT2D eigenvalue weighted by molar-refractivity contribution is 9.09. The van der Waals surface area contributed by atoms with Crippen LogP contribution in [0.5, 0.6) is 0 Å². The lowest BCUT2D eigenvalue weighted by molar-refractivity contribution is 0.0976. The minimum Gasteiger partial charge on any atom is -0.294 e. The topological polar surface area (TPSA) is 17.1 Å². The van der Waals surface area contributed by atoms with E-state index in [9.17, 15) is 4.79 Å². The molecule has 3 rings (SSSR count). The van der Waals surface area contributed by atoms with Crippen LogP contribution in [0.4, 0.5) is 0 Å². The predicted octanol–water partition coefficient (Wildman–Crippen LogP) is 5.03. The van der Waals surface area contributed by atoms with Gasteiger partial charge in [0, 0.05) is 16.8 Å². The number of Topliss-reactive ketones (excluding diaryl/α,β-unsaturated/α-hetero) is 1. The summed E-state index contributed by atoms with van der Waals surface area (Å²) < 4.78 is 0. The Bertz CT molecular complexity index is 603. The molecule has 0 aromatic heterocycles. The molecule has 2 aromatic carbocycles. The summed E-state index contributed by atoms with van der Waals surface area (Å²) in [5.74, 6) is 0.292. The molecule has 1 aliphatic carbocycles. The van der Waals surface area contributed by atoms with Crippen LogP contribution in [0.2, 0.25) is 0 Å². The Morgan fingerprint density at radius 1 is 1.06 bits per heavy atom. The Hall–Kier alpha value is -1.15. The van der Waals surface area contributed by atoms with Crippen LogP contribution < -0.4 is 0 Å². The third kappa shape index (κ3) is 1.99. The number of carbonyl (C=O) groups is 1. The molecule has 2 aromatic rings. The number of alkyl halides is 1. The first-order valence-electron chi connectivity index (χ1n) is 6.46. The van der Waals surface area contributed by atoms with Gasteiger partial charge in [0.05, 0.1) is 0 Å². The average molecular weight is 303 g/mol. The molecular weight excluding hydrogens is 288 g/mol. The van der Waals surface area contributed by atoms with Crippen molar-refractivity contribution in [1.82, 2.24) is 0 Å². The molecule has 1 atom stereocenters. The number of rotatable bonds is 0. The lowest BCUT2D eigenvalue weighted by Gasteiger charge is -2.20. The largest absolute Gasteiger partial charge is 0.294 e. The van der Waals surface area contributed by atoms with Gasteiger partial charge in [0.15, 0.2) is 5.78 Å². The molecule has 18 heavy (non-hydrogen) atoms. The third-order valence-electron chi connectivity index (χ3n) is 3.70. The van der Waals surface area contributed by atoms with Crippen molar-refractivity contribution in [3.8, 4) is 0 Å². The fraction of sp³-hybridized carbons (Fsp3) is 0.312. The molecule has 1 aliphatic rings. The van der Waals surface area contributed by atoms with Crippen molar-refractivity contribution in [2.75, 3.05) is 0 Å². The minimum absolute atomic E-state index is 0.292. The van der Waals surface area contributed by atoms with Gasteiger partial charge < -0.3 is 0 Å². The fourth-order valence-electron chi connectivity index (χ4n) is 2.76. The van der Waals surface area contributed by atoms with Crippen molar-refractivity contribution in [2.24, 2.45) is 0 Å². The molecule has 0 amide bonds. The summed E-state index contributed by atoms with van der Waals surface area (Å²) in [6, 6.07) is 12.4. The van der Waals surface area contributed by atoms with E-state index in [2.05, 4.69) is 34.1 Å². The smallest absolute Gasteiger partial charge is 0.163 e. The normalized spacial score (nSPS) is 20.3. The average Bonchev–Trinajstić information content (AvgIpc) is 2.40. The predicted molar refractivity (Wildman–Crippen MR) is 78.4 cm³/mol. The number of carbonyl (C=O) groups excluding carboxylic acids is 1. The van der Waals surface area contributed by atoms with Gasteiger partial charge in [-0.15, -0.1) is 0 Å². The zero-order valence-electron chi connectivity index (χ0n) is 10.2. The van der Waals surface area contributed by atoms with E-state index in [1.54, 1.807) is 0 Å². The Morgan fingerprint density at radius 3 is 2.78 bits per heavy atom. The van der Waals surface area contributed by atoms with Crippen LogP contribution in [0.15, 0.2) is 36.4 Å². The van der Waals surface area contributed by atoms with E-state index in [0.29, 0.717) is 17.0 Å². The van der Waals surface area contributed by atoms with Crippen LogP contribution in [-0.4, -0.2) is 5.78 Å². The molecule has 0 saturated heterocycles. The highest BCUT2D eigenvalue weighted by atomic mass is 79.9. The van der Waals surface area contributed by atoms with Gasteiger partial charge in [-0.2, -0.15) is 0 Å². The number of halogens is 1. The van der Waals surface area contributed by atoms with Crippen molar-refractivity contribution in [2.45, 2.75) is 30.5 Å². The van der Waals surface area contributed by atoms with Gasteiger partial charge >= 0.3 is 0 Å². The van der Waals surface area contributed by atoms with Gasteiger partial charge in [0.1, 0.15) is 0 Å². The van der Waals surface area contributed by atoms with Gasteiger partial charge in [-0.3, -0.25) is 4.79 Å². The van der Waals surface area contributed by atoms with E-state index in [-0.39, 0.29) is 0 Å². The quantitative estimate of drug-likeness (QED) is 0.624. The van der Waals surface area contributed by atoms with E-state index >= 15 is 0 Å². The minimum atomic E-state index is 0.292. The van der Waals surface area contributed by atoms with Crippen LogP contribution in [0, 0.1) is 0 Å². The maximum Gasteiger partial charge on any atom is 0.163 e. The number of fused-ring (bicyclic) bond motifs is 3. The second-order valence-corrected chi connectivity index (χ2v) is 5.99. The van der Waals surface area contributed by atoms with Crippen LogP contribution in [0.3, 0.4) is 0 Å². The number of ketones is 1. The zero-order chi connectivity index (χ0) is 12.5. The van der Waals surface area contributed by atoms with E-state index in [1.807, 2.05) is 18.2 Å². The summed E-state index contributed by atoms with van der Waals surface area (Å²) in [7, 11) is 0. The van der Waals surface area contributed by atoms with Gasteiger partial charge in [-0.05, 0) is 29.2 Å². The first-order chi connectivity index (χ1) is 8.77. The van der Waals surface area contributed by atoms with Crippen molar-refractivity contribution in [3.63, 3.8) is 0 Å². The highest BCUT2D eigenvalue weighted by Gasteiger charge is 2.21. The monoisotopic (exact) mass is 302 g/mol. The summed E-state index contributed by atoms with van der Waals surface area (Å²) >= 11 is 3.77. The maximum absolute atomic E-state index is 12.2. The van der Waals surface area contributed by atoms with Crippen LogP contribution in [-0.2, 0) is 0 Å². The molecule has 0 saturated carbocycles. The van der Waals surface area contributed by atoms with Gasteiger partial charge in [0.25, 0.3) is 0 Å². The number of benzene rings is 2. The summed E-state index contributed by atoms with van der Waals surface area (Å²) in [5, 5.41) is 2.43. The zero-order valence-corrected chi connectivity index (χ0v) is 11.7. The molecule has 0 heterocycles.